The number of aliphatic carboxylic acids is 1. The molecule has 7 nitrogen and oxygen atoms in total. The first kappa shape index (κ1) is 28.1. The van der Waals surface area contributed by atoms with E-state index in [0.29, 0.717) is 31.1 Å². The number of ether oxygens (including phenoxy) is 1. The van der Waals surface area contributed by atoms with Crippen molar-refractivity contribution in [1.29, 1.82) is 0 Å². The fourth-order valence-corrected chi connectivity index (χ4v) is 5.48. The van der Waals surface area contributed by atoms with E-state index in [1.165, 1.54) is 0 Å². The lowest BCUT2D eigenvalue weighted by Gasteiger charge is -2.38. The number of aliphatic hydroxyl groups is 2. The van der Waals surface area contributed by atoms with Crippen LogP contribution in [0.3, 0.4) is 0 Å². The van der Waals surface area contributed by atoms with Gasteiger partial charge in [-0.1, -0.05) is 45.9 Å². The number of carbonyl (C=O) groups excluding carboxylic acids is 1. The van der Waals surface area contributed by atoms with E-state index < -0.39 is 36.2 Å². The van der Waals surface area contributed by atoms with Crippen molar-refractivity contribution in [2.45, 2.75) is 91.0 Å². The molecule has 0 amide bonds. The van der Waals surface area contributed by atoms with Crippen LogP contribution < -0.4 is 0 Å². The molecule has 0 spiro atoms. The molecule has 1 saturated carbocycles. The maximum atomic E-state index is 12.6. The van der Waals surface area contributed by atoms with Crippen molar-refractivity contribution in [3.05, 3.63) is 35.3 Å². The van der Waals surface area contributed by atoms with E-state index in [2.05, 4.69) is 18.7 Å². The molecule has 0 aromatic carbocycles. The number of hydrogen-bond acceptors (Lipinski definition) is 5. The topological polar surface area (TPSA) is 108 Å². The van der Waals surface area contributed by atoms with Crippen LogP contribution in [0.2, 0.25) is 0 Å². The van der Waals surface area contributed by atoms with E-state index >= 15 is 0 Å². The first-order valence-electron chi connectivity index (χ1n) is 12.6. The predicted molar refractivity (Wildman–Crippen MR) is 129 cm³/mol. The lowest BCUT2D eigenvalue weighted by atomic mass is 9.70. The number of cyclic esters (lactones) is 1. The SMILES string of the molecule is [C-]#[N+]/C1=C/C=C/C[C@H](C2CC[C@H]2C(=O)O)OC(=O)C[C@H](O)[C@@H](C)C[C@@H](C)C[C@@H](C)C[C@H](C)[C@H]1O. The van der Waals surface area contributed by atoms with Crippen LogP contribution in [0, 0.1) is 42.1 Å². The molecule has 1 unspecified atom stereocenters. The number of esters is 1. The zero-order chi connectivity index (χ0) is 25.4. The summed E-state index contributed by atoms with van der Waals surface area (Å²) in [5.74, 6) is -1.70. The van der Waals surface area contributed by atoms with Gasteiger partial charge in [0.2, 0.25) is 0 Å². The van der Waals surface area contributed by atoms with Crippen molar-refractivity contribution in [2.75, 3.05) is 0 Å². The molecule has 0 bridgehead atoms. The molecule has 0 aromatic rings. The van der Waals surface area contributed by atoms with E-state index in [0.717, 1.165) is 19.3 Å². The van der Waals surface area contributed by atoms with E-state index in [4.69, 9.17) is 11.3 Å². The van der Waals surface area contributed by atoms with Crippen LogP contribution in [0.1, 0.15) is 72.6 Å². The standard InChI is InChI=1S/C27H41NO6/c1-16-12-17(2)14-19(4)26(31)22(28-5)8-6-7-9-24(20-10-11-21(20)27(32)33)34-25(30)15-23(29)18(3)13-16/h6-8,16-21,23-24,26,29,31H,9-15H2,1-4H3,(H,32,33)/b7-6+,22-8+/t16-,17+,18-,19-,20?,21+,23-,24+,26+/m0/s1. The van der Waals surface area contributed by atoms with Gasteiger partial charge in [-0.25, -0.2) is 4.85 Å². The summed E-state index contributed by atoms with van der Waals surface area (Å²) in [6.07, 6.45) is 6.62. The van der Waals surface area contributed by atoms with Crippen molar-refractivity contribution < 1.29 is 29.6 Å². The fraction of sp³-hybridized carbons (Fsp3) is 0.741. The molecular weight excluding hydrogens is 434 g/mol. The number of rotatable bonds is 2. The average molecular weight is 476 g/mol. The number of nitrogens with zero attached hydrogens (tertiary/aromatic N) is 1. The lowest BCUT2D eigenvalue weighted by molar-refractivity contribution is -0.165. The molecule has 9 atom stereocenters. The van der Waals surface area contributed by atoms with Gasteiger partial charge in [0.05, 0.1) is 31.1 Å². The van der Waals surface area contributed by atoms with Crippen molar-refractivity contribution in [1.82, 2.24) is 0 Å². The van der Waals surface area contributed by atoms with Gasteiger partial charge in [0, 0.05) is 12.3 Å². The Balaban J connectivity index is 2.26. The molecule has 2 rings (SSSR count). The third-order valence-corrected chi connectivity index (χ3v) is 7.53. The second kappa shape index (κ2) is 13.1. The third-order valence-electron chi connectivity index (χ3n) is 7.53. The van der Waals surface area contributed by atoms with Gasteiger partial charge in [-0.2, -0.15) is 0 Å². The Kier molecular flexibility index (Phi) is 10.8. The molecule has 1 aliphatic carbocycles. The minimum absolute atomic E-state index is 0.0714. The summed E-state index contributed by atoms with van der Waals surface area (Å²) in [6, 6.07) is 0. The van der Waals surface area contributed by atoms with Gasteiger partial charge in [-0.3, -0.25) is 9.59 Å². The van der Waals surface area contributed by atoms with Crippen LogP contribution in [0.15, 0.2) is 23.9 Å². The molecule has 0 saturated heterocycles. The highest BCUT2D eigenvalue weighted by Crippen LogP contribution is 2.40. The summed E-state index contributed by atoms with van der Waals surface area (Å²) in [5, 5.41) is 30.8. The normalized spacial score (nSPS) is 41.4. The molecule has 2 aliphatic rings. The molecule has 0 radical (unpaired) electrons. The highest BCUT2D eigenvalue weighted by Gasteiger charge is 2.43. The van der Waals surface area contributed by atoms with Crippen molar-refractivity contribution in [3.63, 3.8) is 0 Å². The summed E-state index contributed by atoms with van der Waals surface area (Å²) in [7, 11) is 0. The van der Waals surface area contributed by atoms with Gasteiger partial charge in [0.1, 0.15) is 6.10 Å². The van der Waals surface area contributed by atoms with Gasteiger partial charge in [-0.05, 0) is 55.8 Å². The Bertz CT molecular complexity index is 799. The maximum absolute atomic E-state index is 12.6. The van der Waals surface area contributed by atoms with E-state index in [1.54, 1.807) is 18.2 Å². The number of allylic oxidation sites excluding steroid dienone is 2. The van der Waals surface area contributed by atoms with Crippen LogP contribution in [0.5, 0.6) is 0 Å². The third kappa shape index (κ3) is 7.95. The van der Waals surface area contributed by atoms with E-state index in [1.807, 2.05) is 13.8 Å². The quantitative estimate of drug-likeness (QED) is 0.398. The monoisotopic (exact) mass is 475 g/mol. The van der Waals surface area contributed by atoms with Gasteiger partial charge >= 0.3 is 11.9 Å². The van der Waals surface area contributed by atoms with E-state index in [-0.39, 0.29) is 29.9 Å². The highest BCUT2D eigenvalue weighted by molar-refractivity contribution is 5.72. The van der Waals surface area contributed by atoms with Crippen LogP contribution in [0.25, 0.3) is 4.85 Å². The Labute approximate surface area is 203 Å². The summed E-state index contributed by atoms with van der Waals surface area (Å²) in [4.78, 5) is 27.7. The number of hydrogen-bond donors (Lipinski definition) is 3. The molecule has 3 N–H and O–H groups in total. The van der Waals surface area contributed by atoms with Crippen molar-refractivity contribution >= 4 is 11.9 Å². The minimum Gasteiger partial charge on any atom is -0.481 e. The highest BCUT2D eigenvalue weighted by atomic mass is 16.5. The number of carboxylic acid groups (broad SMARTS) is 1. The number of carbonyl (C=O) groups is 2. The van der Waals surface area contributed by atoms with Crippen LogP contribution in [-0.4, -0.2) is 45.6 Å². The first-order chi connectivity index (χ1) is 16.0. The lowest BCUT2D eigenvalue weighted by Crippen LogP contribution is -2.42. The summed E-state index contributed by atoms with van der Waals surface area (Å²) >= 11 is 0. The Hall–Kier alpha value is -2.17. The zero-order valence-corrected chi connectivity index (χ0v) is 20.9. The Morgan fingerprint density at radius 2 is 1.71 bits per heavy atom. The molecule has 1 aliphatic heterocycles. The first-order valence-corrected chi connectivity index (χ1v) is 12.6. The fourth-order valence-electron chi connectivity index (χ4n) is 5.48. The zero-order valence-electron chi connectivity index (χ0n) is 20.9. The molecule has 34 heavy (non-hydrogen) atoms. The van der Waals surface area contributed by atoms with Crippen LogP contribution in [0.4, 0.5) is 0 Å². The number of carboxylic acids is 1. The number of aliphatic hydroxyl groups excluding tert-OH is 2. The molecule has 190 valence electrons. The Morgan fingerprint density at radius 1 is 1.06 bits per heavy atom. The molecule has 1 heterocycles. The largest absolute Gasteiger partial charge is 0.481 e. The van der Waals surface area contributed by atoms with Crippen molar-refractivity contribution in [2.24, 2.45) is 35.5 Å². The molecule has 0 aromatic heterocycles. The second-order valence-corrected chi connectivity index (χ2v) is 10.7. The van der Waals surface area contributed by atoms with Crippen LogP contribution in [-0.2, 0) is 14.3 Å². The summed E-state index contributed by atoms with van der Waals surface area (Å²) in [5.41, 5.74) is 0.266. The minimum atomic E-state index is -0.889. The smallest absolute Gasteiger partial charge is 0.308 e. The maximum Gasteiger partial charge on any atom is 0.308 e. The van der Waals surface area contributed by atoms with Gasteiger partial charge in [-0.15, -0.1) is 0 Å². The predicted octanol–water partition coefficient (Wildman–Crippen LogP) is 4.60. The van der Waals surface area contributed by atoms with Gasteiger partial charge in [0.15, 0.2) is 5.70 Å². The van der Waals surface area contributed by atoms with Gasteiger partial charge in [0.25, 0.3) is 0 Å². The summed E-state index contributed by atoms with van der Waals surface area (Å²) < 4.78 is 5.69. The molecule has 7 heteroatoms. The Morgan fingerprint density at radius 3 is 2.26 bits per heavy atom. The molecule has 1 fully saturated rings. The van der Waals surface area contributed by atoms with E-state index in [9.17, 15) is 24.9 Å². The second-order valence-electron chi connectivity index (χ2n) is 10.7. The van der Waals surface area contributed by atoms with Crippen LogP contribution >= 0.6 is 0 Å². The summed E-state index contributed by atoms with van der Waals surface area (Å²) in [6.45, 7) is 15.6. The van der Waals surface area contributed by atoms with Crippen molar-refractivity contribution in [3.8, 4) is 0 Å². The average Bonchev–Trinajstić information content (AvgIpc) is 2.70. The van der Waals surface area contributed by atoms with Gasteiger partial charge < -0.3 is 20.1 Å². The molecular formula is C27H41NO6.